The molecule has 206 valence electrons. The van der Waals surface area contributed by atoms with E-state index in [2.05, 4.69) is 16.0 Å². The summed E-state index contributed by atoms with van der Waals surface area (Å²) >= 11 is 6.20. The van der Waals surface area contributed by atoms with Gasteiger partial charge >= 0.3 is 0 Å². The monoisotopic (exact) mass is 543 g/mol. The Labute approximate surface area is 230 Å². The highest BCUT2D eigenvalue weighted by Crippen LogP contribution is 2.49. The van der Waals surface area contributed by atoms with Crippen molar-refractivity contribution in [1.82, 2.24) is 5.32 Å². The maximum Gasteiger partial charge on any atom is 0.232 e. The third kappa shape index (κ3) is 5.32. The van der Waals surface area contributed by atoms with Crippen LogP contribution in [0.5, 0.6) is 5.75 Å². The number of carbonyl (C=O) groups is 1. The molecule has 2 aliphatic carbocycles. The molecule has 3 N–H and O–H groups in total. The number of carbonyl (C=O) groups excluding carboxylic acids is 1. The van der Waals surface area contributed by atoms with Gasteiger partial charge in [0.1, 0.15) is 23.6 Å². The summed E-state index contributed by atoms with van der Waals surface area (Å²) in [6.45, 7) is 0. The second-order valence-corrected chi connectivity index (χ2v) is 11.4. The van der Waals surface area contributed by atoms with Gasteiger partial charge in [-0.1, -0.05) is 62.3 Å². The van der Waals surface area contributed by atoms with E-state index in [1.54, 1.807) is 20.3 Å². The lowest BCUT2D eigenvalue weighted by Crippen LogP contribution is -2.63. The number of ether oxygens (including phenoxy) is 2. The normalized spacial score (nSPS) is 23.6. The fourth-order valence-corrected chi connectivity index (χ4v) is 6.98. The first kappa shape index (κ1) is 27.1. The standard InChI is InChI=1S/C30H39ClFN3O3/c1-37-22-15-13-19(14-16-22)27(29(36)33-21-11-7-4-8-12-21)30(28(38-2)20-9-5-3-6-10-20)34-25-17-23(31)24(32)18-26(25)35-30/h13-18,20-21,27-28,34-35H,3-12H2,1-2H3,(H,33,36). The van der Waals surface area contributed by atoms with Crippen LogP contribution in [0.2, 0.25) is 5.02 Å². The zero-order chi connectivity index (χ0) is 26.7. The van der Waals surface area contributed by atoms with E-state index in [0.717, 1.165) is 56.9 Å². The molecule has 3 atom stereocenters. The molecule has 0 bridgehead atoms. The first-order valence-electron chi connectivity index (χ1n) is 14.0. The van der Waals surface area contributed by atoms with Crippen molar-refractivity contribution in [2.24, 2.45) is 5.92 Å². The van der Waals surface area contributed by atoms with Crippen molar-refractivity contribution in [3.05, 3.63) is 52.8 Å². The first-order chi connectivity index (χ1) is 18.4. The van der Waals surface area contributed by atoms with Crippen LogP contribution >= 0.6 is 11.6 Å². The van der Waals surface area contributed by atoms with E-state index in [1.807, 2.05) is 24.3 Å². The number of fused-ring (bicyclic) bond motifs is 1. The van der Waals surface area contributed by atoms with Crippen LogP contribution in [0.4, 0.5) is 15.8 Å². The Bertz CT molecular complexity index is 1090. The minimum absolute atomic E-state index is 0.0353. The molecule has 1 amide bonds. The Morgan fingerprint density at radius 1 is 0.974 bits per heavy atom. The summed E-state index contributed by atoms with van der Waals surface area (Å²) in [5.41, 5.74) is 1.02. The average Bonchev–Trinajstić information content (AvgIpc) is 3.29. The number of amides is 1. The molecule has 1 aliphatic heterocycles. The quantitative estimate of drug-likeness (QED) is 0.339. The fourth-order valence-electron chi connectivity index (χ4n) is 6.82. The second-order valence-electron chi connectivity index (χ2n) is 11.0. The predicted molar refractivity (Wildman–Crippen MR) is 150 cm³/mol. The Morgan fingerprint density at radius 3 is 2.18 bits per heavy atom. The van der Waals surface area contributed by atoms with Crippen LogP contribution in [0, 0.1) is 11.7 Å². The molecule has 1 heterocycles. The van der Waals surface area contributed by atoms with Crippen LogP contribution < -0.4 is 20.7 Å². The second kappa shape index (κ2) is 11.7. The van der Waals surface area contributed by atoms with Crippen molar-refractivity contribution in [2.45, 2.75) is 87.9 Å². The summed E-state index contributed by atoms with van der Waals surface area (Å²) in [5.74, 6) is -0.300. The van der Waals surface area contributed by atoms with Crippen LogP contribution in [-0.4, -0.2) is 37.9 Å². The van der Waals surface area contributed by atoms with Gasteiger partial charge in [0, 0.05) is 19.2 Å². The lowest BCUT2D eigenvalue weighted by Gasteiger charge is -2.47. The number of nitrogens with one attached hydrogen (secondary N) is 3. The van der Waals surface area contributed by atoms with E-state index in [1.165, 1.54) is 18.9 Å². The number of benzene rings is 2. The average molecular weight is 544 g/mol. The zero-order valence-corrected chi connectivity index (χ0v) is 23.1. The van der Waals surface area contributed by atoms with Crippen molar-refractivity contribution in [3.8, 4) is 5.75 Å². The number of anilines is 2. The lowest BCUT2D eigenvalue weighted by atomic mass is 9.73. The number of rotatable bonds is 8. The van der Waals surface area contributed by atoms with Crippen molar-refractivity contribution < 1.29 is 18.7 Å². The Hall–Kier alpha value is -2.51. The van der Waals surface area contributed by atoms with E-state index >= 15 is 0 Å². The van der Waals surface area contributed by atoms with E-state index in [9.17, 15) is 9.18 Å². The van der Waals surface area contributed by atoms with Gasteiger partial charge in [0.15, 0.2) is 5.66 Å². The molecular formula is C30H39ClFN3O3. The molecule has 3 unspecified atom stereocenters. The molecule has 5 rings (SSSR count). The highest BCUT2D eigenvalue weighted by atomic mass is 35.5. The number of halogens is 2. The topological polar surface area (TPSA) is 71.6 Å². The third-order valence-electron chi connectivity index (χ3n) is 8.64. The molecule has 0 saturated heterocycles. The van der Waals surface area contributed by atoms with Crippen LogP contribution in [0.3, 0.4) is 0 Å². The molecule has 2 aromatic carbocycles. The molecule has 0 radical (unpaired) electrons. The molecule has 3 aliphatic rings. The van der Waals surface area contributed by atoms with Gasteiger partial charge in [0.05, 0.1) is 23.5 Å². The van der Waals surface area contributed by atoms with Gasteiger partial charge in [0.2, 0.25) is 5.91 Å². The summed E-state index contributed by atoms with van der Waals surface area (Å²) in [7, 11) is 3.34. The number of hydrogen-bond donors (Lipinski definition) is 3. The third-order valence-corrected chi connectivity index (χ3v) is 8.93. The van der Waals surface area contributed by atoms with E-state index < -0.39 is 17.4 Å². The van der Waals surface area contributed by atoms with E-state index in [-0.39, 0.29) is 29.0 Å². The molecule has 6 nitrogen and oxygen atoms in total. The molecule has 8 heteroatoms. The Balaban J connectivity index is 1.62. The maximum atomic E-state index is 14.6. The number of methoxy groups -OCH3 is 2. The summed E-state index contributed by atoms with van der Waals surface area (Å²) < 4.78 is 26.3. The molecule has 2 saturated carbocycles. The molecule has 2 fully saturated rings. The van der Waals surface area contributed by atoms with Gasteiger partial charge in [-0.05, 0) is 55.4 Å². The van der Waals surface area contributed by atoms with Gasteiger partial charge < -0.3 is 25.4 Å². The molecule has 38 heavy (non-hydrogen) atoms. The SMILES string of the molecule is COc1ccc(C(C(=O)NC2CCCCC2)C2(C(OC)C3CCCCC3)Nc3cc(F)c(Cl)cc3N2)cc1. The van der Waals surface area contributed by atoms with Crippen molar-refractivity contribution in [2.75, 3.05) is 24.9 Å². The predicted octanol–water partition coefficient (Wildman–Crippen LogP) is 6.85. The van der Waals surface area contributed by atoms with E-state index in [4.69, 9.17) is 21.1 Å². The summed E-state index contributed by atoms with van der Waals surface area (Å²) in [5, 5.41) is 10.6. The Kier molecular flexibility index (Phi) is 8.34. The summed E-state index contributed by atoms with van der Waals surface area (Å²) in [6, 6.07) is 10.8. The van der Waals surface area contributed by atoms with Crippen LogP contribution in [0.1, 0.15) is 75.7 Å². The maximum absolute atomic E-state index is 14.6. The van der Waals surface area contributed by atoms with Gasteiger partial charge in [-0.25, -0.2) is 4.39 Å². The minimum Gasteiger partial charge on any atom is -0.497 e. The van der Waals surface area contributed by atoms with Gasteiger partial charge in [-0.3, -0.25) is 4.79 Å². The number of hydrogen-bond acceptors (Lipinski definition) is 5. The van der Waals surface area contributed by atoms with Gasteiger partial charge in [-0.15, -0.1) is 0 Å². The molecule has 2 aromatic rings. The van der Waals surface area contributed by atoms with E-state index in [0.29, 0.717) is 17.1 Å². The van der Waals surface area contributed by atoms with Crippen LogP contribution in [0.25, 0.3) is 0 Å². The van der Waals surface area contributed by atoms with Crippen molar-refractivity contribution in [1.29, 1.82) is 0 Å². The largest absolute Gasteiger partial charge is 0.497 e. The smallest absolute Gasteiger partial charge is 0.232 e. The van der Waals surface area contributed by atoms with Crippen molar-refractivity contribution in [3.63, 3.8) is 0 Å². The highest BCUT2D eigenvalue weighted by Gasteiger charge is 2.56. The highest BCUT2D eigenvalue weighted by molar-refractivity contribution is 6.31. The van der Waals surface area contributed by atoms with Crippen molar-refractivity contribution >= 4 is 28.9 Å². The van der Waals surface area contributed by atoms with Gasteiger partial charge in [0.25, 0.3) is 0 Å². The minimum atomic E-state index is -1.05. The Morgan fingerprint density at radius 2 is 1.58 bits per heavy atom. The molecule has 0 aromatic heterocycles. The lowest BCUT2D eigenvalue weighted by molar-refractivity contribution is -0.126. The van der Waals surface area contributed by atoms with Gasteiger partial charge in [-0.2, -0.15) is 0 Å². The van der Waals surface area contributed by atoms with Crippen LogP contribution in [0.15, 0.2) is 36.4 Å². The molecular weight excluding hydrogens is 505 g/mol. The van der Waals surface area contributed by atoms with Crippen LogP contribution in [-0.2, 0) is 9.53 Å². The molecule has 0 spiro atoms. The summed E-state index contributed by atoms with van der Waals surface area (Å²) in [4.78, 5) is 14.4. The first-order valence-corrected chi connectivity index (χ1v) is 14.4. The summed E-state index contributed by atoms with van der Waals surface area (Å²) in [6.07, 6.45) is 10.5. The fraction of sp³-hybridized carbons (Fsp3) is 0.567. The zero-order valence-electron chi connectivity index (χ0n) is 22.3.